The van der Waals surface area contributed by atoms with Crippen LogP contribution in [0.25, 0.3) is 0 Å². The molecule has 2 aromatic carbocycles. The lowest BCUT2D eigenvalue weighted by Crippen LogP contribution is -2.19. The van der Waals surface area contributed by atoms with Crippen molar-refractivity contribution >= 4 is 28.2 Å². The lowest BCUT2D eigenvalue weighted by atomic mass is 10.3. The van der Waals surface area contributed by atoms with Gasteiger partial charge in [-0.25, -0.2) is 4.79 Å². The molecule has 0 aliphatic rings. The molecule has 0 spiro atoms. The Hall–Kier alpha value is -3.33. The smallest absolute Gasteiger partial charge is 0.325 e. The maximum atomic E-state index is 12.1. The average molecular weight is 386 g/mol. The maximum Gasteiger partial charge on any atom is 0.325 e. The lowest BCUT2D eigenvalue weighted by molar-refractivity contribution is 0.262. The summed E-state index contributed by atoms with van der Waals surface area (Å²) >= 11 is 1.24. The Labute approximate surface area is 160 Å². The molecule has 27 heavy (non-hydrogen) atoms. The van der Waals surface area contributed by atoms with Gasteiger partial charge in [-0.15, -0.1) is 10.2 Å². The van der Waals surface area contributed by atoms with Gasteiger partial charge in [-0.05, 0) is 36.4 Å². The summed E-state index contributed by atoms with van der Waals surface area (Å²) in [5.41, 5.74) is 0.611. The molecule has 2 N–H and O–H groups in total. The van der Waals surface area contributed by atoms with Crippen molar-refractivity contribution in [3.05, 3.63) is 53.5 Å². The van der Waals surface area contributed by atoms with Crippen LogP contribution in [0.4, 0.5) is 15.6 Å². The van der Waals surface area contributed by atoms with Gasteiger partial charge in [0.1, 0.15) is 23.9 Å². The second-order valence-corrected chi connectivity index (χ2v) is 6.34. The quantitative estimate of drug-likeness (QED) is 0.642. The van der Waals surface area contributed by atoms with Crippen LogP contribution in [0.15, 0.2) is 48.5 Å². The first-order chi connectivity index (χ1) is 13.2. The summed E-state index contributed by atoms with van der Waals surface area (Å²) in [6.07, 6.45) is 0. The van der Waals surface area contributed by atoms with Gasteiger partial charge in [0.2, 0.25) is 5.13 Å². The number of methoxy groups -OCH3 is 2. The second-order valence-electron chi connectivity index (χ2n) is 5.28. The SMILES string of the molecule is COc1ccc(OCc2nnc(NC(=O)Nc3cccc(OC)c3)s2)cc1. The highest BCUT2D eigenvalue weighted by Crippen LogP contribution is 2.21. The van der Waals surface area contributed by atoms with Crippen LogP contribution in [0.5, 0.6) is 17.2 Å². The van der Waals surface area contributed by atoms with Gasteiger partial charge >= 0.3 is 6.03 Å². The molecule has 0 radical (unpaired) electrons. The average Bonchev–Trinajstić information content (AvgIpc) is 3.14. The lowest BCUT2D eigenvalue weighted by Gasteiger charge is -2.06. The highest BCUT2D eigenvalue weighted by molar-refractivity contribution is 7.15. The predicted molar refractivity (Wildman–Crippen MR) is 103 cm³/mol. The first-order valence-corrected chi connectivity index (χ1v) is 8.79. The number of amides is 2. The molecule has 2 amide bonds. The van der Waals surface area contributed by atoms with Gasteiger partial charge in [0.15, 0.2) is 5.01 Å². The summed E-state index contributed by atoms with van der Waals surface area (Å²) < 4.78 is 15.9. The number of ether oxygens (including phenoxy) is 3. The Morgan fingerprint density at radius 2 is 1.70 bits per heavy atom. The maximum absolute atomic E-state index is 12.1. The normalized spacial score (nSPS) is 10.1. The van der Waals surface area contributed by atoms with Gasteiger partial charge in [0.25, 0.3) is 0 Å². The number of hydrogen-bond acceptors (Lipinski definition) is 7. The van der Waals surface area contributed by atoms with E-state index in [1.54, 1.807) is 50.6 Å². The molecule has 9 heteroatoms. The van der Waals surface area contributed by atoms with Crippen molar-refractivity contribution in [2.75, 3.05) is 24.9 Å². The van der Waals surface area contributed by atoms with Crippen LogP contribution >= 0.6 is 11.3 Å². The van der Waals surface area contributed by atoms with E-state index in [9.17, 15) is 4.79 Å². The minimum absolute atomic E-state index is 0.253. The second kappa shape index (κ2) is 8.86. The van der Waals surface area contributed by atoms with Crippen LogP contribution in [-0.4, -0.2) is 30.4 Å². The van der Waals surface area contributed by atoms with E-state index in [1.807, 2.05) is 12.1 Å². The Morgan fingerprint density at radius 3 is 2.44 bits per heavy atom. The van der Waals surface area contributed by atoms with Gasteiger partial charge in [0.05, 0.1) is 14.2 Å². The monoisotopic (exact) mass is 386 g/mol. The minimum atomic E-state index is -0.415. The molecule has 1 aromatic heterocycles. The molecule has 0 saturated carbocycles. The summed E-state index contributed by atoms with van der Waals surface area (Å²) in [6, 6.07) is 13.9. The van der Waals surface area contributed by atoms with Crippen molar-refractivity contribution in [2.24, 2.45) is 0 Å². The number of carbonyl (C=O) groups is 1. The molecule has 8 nitrogen and oxygen atoms in total. The van der Waals surface area contributed by atoms with E-state index in [4.69, 9.17) is 14.2 Å². The standard InChI is InChI=1S/C18H18N4O4S/c1-24-13-6-8-14(9-7-13)26-11-16-21-22-18(27-16)20-17(23)19-12-4-3-5-15(10-12)25-2/h3-10H,11H2,1-2H3,(H2,19,20,22,23). The summed E-state index contributed by atoms with van der Waals surface area (Å²) in [7, 11) is 3.17. The third-order valence-electron chi connectivity index (χ3n) is 3.44. The highest BCUT2D eigenvalue weighted by atomic mass is 32.1. The predicted octanol–water partition coefficient (Wildman–Crippen LogP) is 3.78. The molecular formula is C18H18N4O4S. The highest BCUT2D eigenvalue weighted by Gasteiger charge is 2.09. The number of carbonyl (C=O) groups excluding carboxylic acids is 1. The number of nitrogens with one attached hydrogen (secondary N) is 2. The van der Waals surface area contributed by atoms with E-state index in [0.29, 0.717) is 27.3 Å². The third-order valence-corrected chi connectivity index (χ3v) is 4.25. The van der Waals surface area contributed by atoms with Crippen LogP contribution in [0, 0.1) is 0 Å². The van der Waals surface area contributed by atoms with E-state index < -0.39 is 6.03 Å². The Kier molecular flexibility index (Phi) is 6.06. The molecule has 0 saturated heterocycles. The van der Waals surface area contributed by atoms with Crippen molar-refractivity contribution in [3.63, 3.8) is 0 Å². The topological polar surface area (TPSA) is 94.6 Å². The molecule has 0 aliphatic carbocycles. The number of anilines is 2. The first-order valence-electron chi connectivity index (χ1n) is 7.97. The van der Waals surface area contributed by atoms with E-state index in [-0.39, 0.29) is 6.61 Å². The number of rotatable bonds is 7. The number of hydrogen-bond donors (Lipinski definition) is 2. The Morgan fingerprint density at radius 1 is 0.963 bits per heavy atom. The molecular weight excluding hydrogens is 368 g/mol. The molecule has 140 valence electrons. The van der Waals surface area contributed by atoms with Crippen molar-refractivity contribution in [3.8, 4) is 17.2 Å². The molecule has 0 unspecified atom stereocenters. The van der Waals surface area contributed by atoms with Gasteiger partial charge < -0.3 is 19.5 Å². The van der Waals surface area contributed by atoms with E-state index >= 15 is 0 Å². The number of benzene rings is 2. The molecule has 0 bridgehead atoms. The minimum Gasteiger partial charge on any atom is -0.497 e. The largest absolute Gasteiger partial charge is 0.497 e. The summed E-state index contributed by atoms with van der Waals surface area (Å²) in [4.78, 5) is 12.1. The summed E-state index contributed by atoms with van der Waals surface area (Å²) in [6.45, 7) is 0.253. The number of nitrogens with zero attached hydrogens (tertiary/aromatic N) is 2. The first kappa shape index (κ1) is 18.5. The van der Waals surface area contributed by atoms with Gasteiger partial charge in [-0.2, -0.15) is 0 Å². The van der Waals surface area contributed by atoms with Crippen molar-refractivity contribution in [1.29, 1.82) is 0 Å². The fraction of sp³-hybridized carbons (Fsp3) is 0.167. The third kappa shape index (κ3) is 5.32. The molecule has 3 rings (SSSR count). The molecule has 0 fully saturated rings. The number of aromatic nitrogens is 2. The zero-order valence-electron chi connectivity index (χ0n) is 14.8. The molecule has 0 atom stereocenters. The zero-order chi connectivity index (χ0) is 19.1. The van der Waals surface area contributed by atoms with Gasteiger partial charge in [-0.3, -0.25) is 5.32 Å². The molecule has 0 aliphatic heterocycles. The van der Waals surface area contributed by atoms with Crippen molar-refractivity contribution < 1.29 is 19.0 Å². The fourth-order valence-corrected chi connectivity index (χ4v) is 2.79. The van der Waals surface area contributed by atoms with Crippen molar-refractivity contribution in [2.45, 2.75) is 6.61 Å². The van der Waals surface area contributed by atoms with E-state index in [1.165, 1.54) is 11.3 Å². The van der Waals surface area contributed by atoms with Crippen LogP contribution in [0.3, 0.4) is 0 Å². The van der Waals surface area contributed by atoms with Crippen LogP contribution in [-0.2, 0) is 6.61 Å². The fourth-order valence-electron chi connectivity index (χ4n) is 2.14. The Balaban J connectivity index is 1.51. The van der Waals surface area contributed by atoms with E-state index in [2.05, 4.69) is 20.8 Å². The summed E-state index contributed by atoms with van der Waals surface area (Å²) in [5, 5.41) is 14.3. The van der Waals surface area contributed by atoms with Crippen LogP contribution in [0.1, 0.15) is 5.01 Å². The van der Waals surface area contributed by atoms with Crippen LogP contribution in [0.2, 0.25) is 0 Å². The van der Waals surface area contributed by atoms with Crippen molar-refractivity contribution in [1.82, 2.24) is 10.2 Å². The van der Waals surface area contributed by atoms with E-state index in [0.717, 1.165) is 5.75 Å². The zero-order valence-corrected chi connectivity index (χ0v) is 15.6. The molecule has 3 aromatic rings. The molecule has 1 heterocycles. The van der Waals surface area contributed by atoms with Crippen LogP contribution < -0.4 is 24.8 Å². The van der Waals surface area contributed by atoms with Gasteiger partial charge in [-0.1, -0.05) is 17.4 Å². The Bertz CT molecular complexity index is 898. The summed E-state index contributed by atoms with van der Waals surface area (Å²) in [5.74, 6) is 2.10. The number of urea groups is 1. The van der Waals surface area contributed by atoms with Gasteiger partial charge in [0, 0.05) is 11.8 Å².